The Morgan fingerprint density at radius 3 is 2.23 bits per heavy atom. The molecule has 0 saturated carbocycles. The molecule has 3 nitrogen and oxygen atoms in total. The van der Waals surface area contributed by atoms with Crippen molar-refractivity contribution >= 4 is 28.5 Å². The lowest BCUT2D eigenvalue weighted by Gasteiger charge is -2.35. The van der Waals surface area contributed by atoms with Crippen LogP contribution in [0, 0.1) is 3.57 Å². The van der Waals surface area contributed by atoms with Crippen LogP contribution in [0.2, 0.25) is 0 Å². The minimum Gasteiger partial charge on any atom is -0.336 e. The topological polar surface area (TPSA) is 23.6 Å². The van der Waals surface area contributed by atoms with Gasteiger partial charge in [0.05, 0.1) is 5.56 Å². The van der Waals surface area contributed by atoms with Crippen LogP contribution in [-0.4, -0.2) is 41.9 Å². The Kier molecular flexibility index (Phi) is 5.10. The number of amides is 1. The van der Waals surface area contributed by atoms with Gasteiger partial charge >= 0.3 is 0 Å². The molecule has 0 bridgehead atoms. The number of hydrogen-bond donors (Lipinski definition) is 0. The van der Waals surface area contributed by atoms with E-state index in [0.717, 1.165) is 41.9 Å². The summed E-state index contributed by atoms with van der Waals surface area (Å²) < 4.78 is 1.02. The summed E-state index contributed by atoms with van der Waals surface area (Å²) in [6, 6.07) is 18.3. The van der Waals surface area contributed by atoms with Gasteiger partial charge in [0.25, 0.3) is 5.91 Å². The lowest BCUT2D eigenvalue weighted by Crippen LogP contribution is -2.48. The second-order valence-corrected chi connectivity index (χ2v) is 6.70. The van der Waals surface area contributed by atoms with Crippen LogP contribution < -0.4 is 0 Å². The maximum Gasteiger partial charge on any atom is 0.255 e. The van der Waals surface area contributed by atoms with Crippen molar-refractivity contribution in [2.75, 3.05) is 26.2 Å². The molecule has 1 fully saturated rings. The summed E-state index contributed by atoms with van der Waals surface area (Å²) in [6.45, 7) is 4.44. The van der Waals surface area contributed by atoms with Crippen molar-refractivity contribution in [1.29, 1.82) is 0 Å². The highest BCUT2D eigenvalue weighted by Crippen LogP contribution is 2.16. The van der Waals surface area contributed by atoms with Crippen LogP contribution in [0.4, 0.5) is 0 Å². The molecule has 0 aromatic heterocycles. The fourth-order valence-electron chi connectivity index (χ4n) is 2.76. The van der Waals surface area contributed by atoms with Gasteiger partial charge < -0.3 is 4.90 Å². The van der Waals surface area contributed by atoms with Gasteiger partial charge in [-0.1, -0.05) is 42.5 Å². The Labute approximate surface area is 145 Å². The summed E-state index contributed by atoms with van der Waals surface area (Å²) in [4.78, 5) is 17.0. The molecule has 2 aromatic rings. The molecule has 0 radical (unpaired) electrons. The predicted octanol–water partition coefficient (Wildman–Crippen LogP) is 3.25. The molecule has 4 heteroatoms. The highest BCUT2D eigenvalue weighted by Gasteiger charge is 2.23. The van der Waals surface area contributed by atoms with Crippen LogP contribution in [0.25, 0.3) is 0 Å². The molecular formula is C18H19IN2O. The maximum absolute atomic E-state index is 12.6. The standard InChI is InChI=1S/C18H19IN2O/c19-17-9-5-4-8-16(17)18(22)21-12-10-20(11-13-21)14-15-6-2-1-3-7-15/h1-9H,10-14H2. The average molecular weight is 406 g/mol. The molecule has 1 aliphatic heterocycles. The monoisotopic (exact) mass is 406 g/mol. The zero-order valence-electron chi connectivity index (χ0n) is 12.4. The normalized spacial score (nSPS) is 15.8. The van der Waals surface area contributed by atoms with E-state index in [9.17, 15) is 4.79 Å². The molecule has 0 atom stereocenters. The fourth-order valence-corrected chi connectivity index (χ4v) is 3.37. The van der Waals surface area contributed by atoms with Crippen LogP contribution in [-0.2, 0) is 6.54 Å². The summed E-state index contributed by atoms with van der Waals surface area (Å²) in [5, 5.41) is 0. The zero-order chi connectivity index (χ0) is 15.4. The van der Waals surface area contributed by atoms with Crippen molar-refractivity contribution < 1.29 is 4.79 Å². The summed E-state index contributed by atoms with van der Waals surface area (Å²) >= 11 is 2.23. The van der Waals surface area contributed by atoms with Crippen molar-refractivity contribution in [2.45, 2.75) is 6.54 Å². The Bertz CT molecular complexity index is 637. The molecule has 2 aromatic carbocycles. The molecule has 22 heavy (non-hydrogen) atoms. The van der Waals surface area contributed by atoms with Crippen molar-refractivity contribution in [1.82, 2.24) is 9.80 Å². The smallest absolute Gasteiger partial charge is 0.255 e. The van der Waals surface area contributed by atoms with Gasteiger partial charge in [0.2, 0.25) is 0 Å². The second-order valence-electron chi connectivity index (χ2n) is 5.53. The number of nitrogens with zero attached hydrogens (tertiary/aromatic N) is 2. The molecule has 1 amide bonds. The summed E-state index contributed by atoms with van der Waals surface area (Å²) in [5.74, 6) is 0.157. The van der Waals surface area contributed by atoms with Gasteiger partial charge in [-0.25, -0.2) is 0 Å². The van der Waals surface area contributed by atoms with E-state index in [1.54, 1.807) is 0 Å². The van der Waals surface area contributed by atoms with Gasteiger partial charge in [-0.2, -0.15) is 0 Å². The van der Waals surface area contributed by atoms with Crippen molar-refractivity contribution in [2.24, 2.45) is 0 Å². The van der Waals surface area contributed by atoms with Crippen LogP contribution in [0.5, 0.6) is 0 Å². The van der Waals surface area contributed by atoms with Crippen molar-refractivity contribution in [3.8, 4) is 0 Å². The van der Waals surface area contributed by atoms with Crippen molar-refractivity contribution in [3.05, 3.63) is 69.3 Å². The molecule has 3 rings (SSSR count). The Balaban J connectivity index is 1.58. The molecule has 1 saturated heterocycles. The first-order valence-corrected chi connectivity index (χ1v) is 8.62. The summed E-state index contributed by atoms with van der Waals surface area (Å²) in [5.41, 5.74) is 2.15. The highest BCUT2D eigenvalue weighted by molar-refractivity contribution is 14.1. The minimum absolute atomic E-state index is 0.157. The number of hydrogen-bond acceptors (Lipinski definition) is 2. The molecule has 1 aliphatic rings. The highest BCUT2D eigenvalue weighted by atomic mass is 127. The maximum atomic E-state index is 12.6. The first kappa shape index (κ1) is 15.5. The van der Waals surface area contributed by atoms with E-state index in [2.05, 4.69) is 51.8 Å². The number of halogens is 1. The molecule has 0 N–H and O–H groups in total. The van der Waals surface area contributed by atoms with Crippen LogP contribution in [0.1, 0.15) is 15.9 Å². The molecule has 0 unspecified atom stereocenters. The largest absolute Gasteiger partial charge is 0.336 e. The second kappa shape index (κ2) is 7.24. The van der Waals surface area contributed by atoms with Gasteiger partial charge in [0.1, 0.15) is 0 Å². The number of carbonyl (C=O) groups excluding carboxylic acids is 1. The zero-order valence-corrected chi connectivity index (χ0v) is 14.6. The van der Waals surface area contributed by atoms with Gasteiger partial charge in [-0.3, -0.25) is 9.69 Å². The fraction of sp³-hybridized carbons (Fsp3) is 0.278. The van der Waals surface area contributed by atoms with E-state index in [4.69, 9.17) is 0 Å². The van der Waals surface area contributed by atoms with Crippen LogP contribution in [0.15, 0.2) is 54.6 Å². The van der Waals surface area contributed by atoms with Crippen LogP contribution >= 0.6 is 22.6 Å². The third-order valence-corrected chi connectivity index (χ3v) is 4.95. The molecule has 0 spiro atoms. The van der Waals surface area contributed by atoms with E-state index in [-0.39, 0.29) is 5.91 Å². The number of benzene rings is 2. The molecule has 1 heterocycles. The Morgan fingerprint density at radius 2 is 1.55 bits per heavy atom. The van der Waals surface area contributed by atoms with Gasteiger partial charge in [-0.05, 0) is 40.3 Å². The average Bonchev–Trinajstić information content (AvgIpc) is 2.56. The van der Waals surface area contributed by atoms with Crippen LogP contribution in [0.3, 0.4) is 0 Å². The lowest BCUT2D eigenvalue weighted by molar-refractivity contribution is 0.0627. The van der Waals surface area contributed by atoms with E-state index in [1.807, 2.05) is 35.2 Å². The molecule has 0 aliphatic carbocycles. The van der Waals surface area contributed by atoms with Crippen molar-refractivity contribution in [3.63, 3.8) is 0 Å². The van der Waals surface area contributed by atoms with E-state index in [1.165, 1.54) is 5.56 Å². The van der Waals surface area contributed by atoms with E-state index < -0.39 is 0 Å². The molecular weight excluding hydrogens is 387 g/mol. The molecule has 114 valence electrons. The SMILES string of the molecule is O=C(c1ccccc1I)N1CCN(Cc2ccccc2)CC1. The van der Waals surface area contributed by atoms with E-state index >= 15 is 0 Å². The number of rotatable bonds is 3. The Hall–Kier alpha value is -1.40. The quantitative estimate of drug-likeness (QED) is 0.731. The minimum atomic E-state index is 0.157. The van der Waals surface area contributed by atoms with E-state index in [0.29, 0.717) is 0 Å². The Morgan fingerprint density at radius 1 is 0.909 bits per heavy atom. The third-order valence-electron chi connectivity index (χ3n) is 4.01. The predicted molar refractivity (Wildman–Crippen MR) is 96.8 cm³/mol. The number of carbonyl (C=O) groups is 1. The first-order valence-electron chi connectivity index (χ1n) is 7.54. The van der Waals surface area contributed by atoms with Gasteiger partial charge in [0, 0.05) is 36.3 Å². The summed E-state index contributed by atoms with van der Waals surface area (Å²) in [6.07, 6.45) is 0. The van der Waals surface area contributed by atoms with Gasteiger partial charge in [-0.15, -0.1) is 0 Å². The lowest BCUT2D eigenvalue weighted by atomic mass is 10.1. The first-order chi connectivity index (χ1) is 10.7. The van der Waals surface area contributed by atoms with Gasteiger partial charge in [0.15, 0.2) is 0 Å². The summed E-state index contributed by atoms with van der Waals surface area (Å²) in [7, 11) is 0. The third kappa shape index (κ3) is 3.67. The number of piperazine rings is 1.